The normalized spacial score (nSPS) is 9.76. The lowest BCUT2D eigenvalue weighted by Crippen LogP contribution is -2.26. The average Bonchev–Trinajstić information content (AvgIpc) is 2.54. The molecule has 0 atom stereocenters. The highest BCUT2D eigenvalue weighted by Gasteiger charge is 2.18. The topological polar surface area (TPSA) is 73.6 Å². The Hall–Kier alpha value is -3.00. The molecule has 0 saturated heterocycles. The van der Waals surface area contributed by atoms with Crippen LogP contribution < -0.4 is 9.64 Å². The number of rotatable bonds is 3. The van der Waals surface area contributed by atoms with Crippen LogP contribution in [0.3, 0.4) is 0 Å². The molecule has 0 aliphatic heterocycles. The summed E-state index contributed by atoms with van der Waals surface area (Å²) in [6.07, 6.45) is 0. The van der Waals surface area contributed by atoms with E-state index in [1.807, 2.05) is 6.07 Å². The quantitative estimate of drug-likeness (QED) is 0.938. The highest BCUT2D eigenvalue weighted by molar-refractivity contribution is 6.07. The van der Waals surface area contributed by atoms with Crippen molar-refractivity contribution in [1.29, 1.82) is 5.26 Å². The van der Waals surface area contributed by atoms with Gasteiger partial charge < -0.3 is 14.7 Å². The number of amides is 1. The van der Waals surface area contributed by atoms with Crippen LogP contribution in [0.4, 0.5) is 5.69 Å². The third-order valence-electron chi connectivity index (χ3n) is 3.10. The van der Waals surface area contributed by atoms with Gasteiger partial charge in [-0.3, -0.25) is 4.79 Å². The molecule has 2 rings (SSSR count). The summed E-state index contributed by atoms with van der Waals surface area (Å²) in [6, 6.07) is 13.2. The van der Waals surface area contributed by atoms with Gasteiger partial charge >= 0.3 is 0 Å². The molecule has 5 heteroatoms. The van der Waals surface area contributed by atoms with E-state index in [2.05, 4.69) is 0 Å². The fraction of sp³-hybridized carbons (Fsp3) is 0.125. The maximum atomic E-state index is 12.5. The Labute approximate surface area is 122 Å². The maximum absolute atomic E-state index is 12.5. The molecule has 106 valence electrons. The minimum Gasteiger partial charge on any atom is -0.507 e. The van der Waals surface area contributed by atoms with Gasteiger partial charge in [-0.15, -0.1) is 0 Å². The predicted molar refractivity (Wildman–Crippen MR) is 78.5 cm³/mol. The number of nitriles is 1. The minimum atomic E-state index is -0.388. The largest absolute Gasteiger partial charge is 0.507 e. The van der Waals surface area contributed by atoms with E-state index in [9.17, 15) is 9.90 Å². The van der Waals surface area contributed by atoms with E-state index < -0.39 is 0 Å². The van der Waals surface area contributed by atoms with Crippen molar-refractivity contribution in [3.8, 4) is 17.6 Å². The SMILES string of the molecule is COc1ccc(O)c(C(=O)N(C)c2cccc(C#N)c2)c1. The Morgan fingerprint density at radius 2 is 2.05 bits per heavy atom. The Balaban J connectivity index is 2.37. The van der Waals surface area contributed by atoms with Gasteiger partial charge in [-0.1, -0.05) is 6.07 Å². The van der Waals surface area contributed by atoms with Crippen LogP contribution in [0.5, 0.6) is 11.5 Å². The summed E-state index contributed by atoms with van der Waals surface area (Å²) in [5, 5.41) is 18.7. The van der Waals surface area contributed by atoms with E-state index in [4.69, 9.17) is 10.00 Å². The molecule has 0 aromatic heterocycles. The second kappa shape index (κ2) is 5.97. The molecule has 2 aromatic rings. The van der Waals surface area contributed by atoms with Gasteiger partial charge in [0.1, 0.15) is 11.5 Å². The Morgan fingerprint density at radius 3 is 2.71 bits per heavy atom. The third-order valence-corrected chi connectivity index (χ3v) is 3.10. The van der Waals surface area contributed by atoms with Crippen molar-refractivity contribution < 1.29 is 14.6 Å². The van der Waals surface area contributed by atoms with Crippen LogP contribution in [-0.2, 0) is 0 Å². The second-order valence-electron chi connectivity index (χ2n) is 4.41. The van der Waals surface area contributed by atoms with Gasteiger partial charge in [0.15, 0.2) is 0 Å². The number of anilines is 1. The van der Waals surface area contributed by atoms with E-state index in [-0.39, 0.29) is 17.2 Å². The lowest BCUT2D eigenvalue weighted by molar-refractivity contribution is 0.0990. The number of carbonyl (C=O) groups excluding carboxylic acids is 1. The molecule has 1 amide bonds. The van der Waals surface area contributed by atoms with Crippen LogP contribution in [0.15, 0.2) is 42.5 Å². The van der Waals surface area contributed by atoms with Crippen molar-refractivity contribution >= 4 is 11.6 Å². The Bertz CT molecular complexity index is 720. The third kappa shape index (κ3) is 2.95. The molecule has 2 aromatic carbocycles. The lowest BCUT2D eigenvalue weighted by Gasteiger charge is -2.18. The highest BCUT2D eigenvalue weighted by atomic mass is 16.5. The summed E-state index contributed by atoms with van der Waals surface area (Å²) in [5.74, 6) is -0.0269. The summed E-state index contributed by atoms with van der Waals surface area (Å²) in [7, 11) is 3.07. The van der Waals surface area contributed by atoms with Gasteiger partial charge in [0.05, 0.1) is 24.3 Å². The number of nitrogens with zero attached hydrogens (tertiary/aromatic N) is 2. The summed E-state index contributed by atoms with van der Waals surface area (Å²) in [5.41, 5.74) is 1.17. The van der Waals surface area contributed by atoms with E-state index >= 15 is 0 Å². The number of benzene rings is 2. The molecule has 5 nitrogen and oxygen atoms in total. The zero-order valence-corrected chi connectivity index (χ0v) is 11.7. The van der Waals surface area contributed by atoms with Crippen LogP contribution in [-0.4, -0.2) is 25.2 Å². The number of phenols is 1. The monoisotopic (exact) mass is 282 g/mol. The average molecular weight is 282 g/mol. The number of carbonyl (C=O) groups is 1. The van der Waals surface area contributed by atoms with E-state index in [1.165, 1.54) is 24.1 Å². The molecule has 0 radical (unpaired) electrons. The first-order chi connectivity index (χ1) is 10.1. The minimum absolute atomic E-state index is 0.121. The van der Waals surface area contributed by atoms with Crippen LogP contribution >= 0.6 is 0 Å². The fourth-order valence-electron chi connectivity index (χ4n) is 1.90. The van der Waals surface area contributed by atoms with Crippen LogP contribution in [0.1, 0.15) is 15.9 Å². The van der Waals surface area contributed by atoms with E-state index in [1.54, 1.807) is 37.4 Å². The molecule has 21 heavy (non-hydrogen) atoms. The van der Waals surface area contributed by atoms with Crippen molar-refractivity contribution in [2.45, 2.75) is 0 Å². The lowest BCUT2D eigenvalue weighted by atomic mass is 10.1. The molecule has 0 heterocycles. The number of phenolic OH excluding ortho intramolecular Hbond substituents is 1. The smallest absolute Gasteiger partial charge is 0.261 e. The molecule has 0 aliphatic carbocycles. The van der Waals surface area contributed by atoms with Crippen molar-refractivity contribution in [2.75, 3.05) is 19.1 Å². The standard InChI is InChI=1S/C16H14N2O3/c1-18(12-5-3-4-11(8-12)10-17)16(20)14-9-13(21-2)6-7-15(14)19/h3-9,19H,1-2H3. The number of hydrogen-bond acceptors (Lipinski definition) is 4. The first-order valence-corrected chi connectivity index (χ1v) is 6.22. The van der Waals surface area contributed by atoms with Gasteiger partial charge in [-0.2, -0.15) is 5.26 Å². The van der Waals surface area contributed by atoms with E-state index in [0.29, 0.717) is 17.0 Å². The molecule has 0 saturated carbocycles. The second-order valence-corrected chi connectivity index (χ2v) is 4.41. The molecule has 1 N–H and O–H groups in total. The molecule has 0 fully saturated rings. The summed E-state index contributed by atoms with van der Waals surface area (Å²) >= 11 is 0. The molecular formula is C16H14N2O3. The number of aromatic hydroxyl groups is 1. The van der Waals surface area contributed by atoms with Gasteiger partial charge in [0.2, 0.25) is 0 Å². The number of methoxy groups -OCH3 is 1. The van der Waals surface area contributed by atoms with Crippen LogP contribution in [0.25, 0.3) is 0 Å². The zero-order valence-electron chi connectivity index (χ0n) is 11.7. The van der Waals surface area contributed by atoms with Crippen molar-refractivity contribution in [3.05, 3.63) is 53.6 Å². The Morgan fingerprint density at radius 1 is 1.29 bits per heavy atom. The van der Waals surface area contributed by atoms with Crippen molar-refractivity contribution in [3.63, 3.8) is 0 Å². The van der Waals surface area contributed by atoms with Crippen LogP contribution in [0, 0.1) is 11.3 Å². The van der Waals surface area contributed by atoms with Gasteiger partial charge in [-0.25, -0.2) is 0 Å². The molecule has 0 unspecified atom stereocenters. The first kappa shape index (κ1) is 14.4. The number of hydrogen-bond donors (Lipinski definition) is 1. The highest BCUT2D eigenvalue weighted by Crippen LogP contribution is 2.26. The summed E-state index contributed by atoms with van der Waals surface area (Å²) in [4.78, 5) is 13.8. The maximum Gasteiger partial charge on any atom is 0.261 e. The van der Waals surface area contributed by atoms with Gasteiger partial charge in [-0.05, 0) is 36.4 Å². The van der Waals surface area contributed by atoms with E-state index in [0.717, 1.165) is 0 Å². The van der Waals surface area contributed by atoms with Gasteiger partial charge in [0.25, 0.3) is 5.91 Å². The van der Waals surface area contributed by atoms with Gasteiger partial charge in [0, 0.05) is 12.7 Å². The molecular weight excluding hydrogens is 268 g/mol. The zero-order chi connectivity index (χ0) is 15.4. The molecule has 0 bridgehead atoms. The van der Waals surface area contributed by atoms with Crippen molar-refractivity contribution in [1.82, 2.24) is 0 Å². The Kier molecular flexibility index (Phi) is 4.10. The summed E-state index contributed by atoms with van der Waals surface area (Å²) in [6.45, 7) is 0. The summed E-state index contributed by atoms with van der Waals surface area (Å²) < 4.78 is 5.06. The van der Waals surface area contributed by atoms with Crippen LogP contribution in [0.2, 0.25) is 0 Å². The molecule has 0 spiro atoms. The van der Waals surface area contributed by atoms with Crippen molar-refractivity contribution in [2.24, 2.45) is 0 Å². The predicted octanol–water partition coefficient (Wildman–Crippen LogP) is 2.55. The number of ether oxygens (including phenoxy) is 1. The fourth-order valence-corrected chi connectivity index (χ4v) is 1.90. The first-order valence-electron chi connectivity index (χ1n) is 6.22. The molecule has 0 aliphatic rings.